The zero-order valence-corrected chi connectivity index (χ0v) is 23.4. The van der Waals surface area contributed by atoms with Crippen molar-refractivity contribution in [2.75, 3.05) is 20.2 Å². The van der Waals surface area contributed by atoms with Crippen LogP contribution in [0.25, 0.3) is 11.1 Å². The summed E-state index contributed by atoms with van der Waals surface area (Å²) >= 11 is 5.97. The molecule has 0 aliphatic heterocycles. The minimum atomic E-state index is -0.983. The Morgan fingerprint density at radius 1 is 0.780 bits per heavy atom. The van der Waals surface area contributed by atoms with Crippen molar-refractivity contribution in [3.05, 3.63) is 124 Å². The minimum absolute atomic E-state index is 0.0574. The van der Waals surface area contributed by atoms with Crippen LogP contribution < -0.4 is 10.1 Å². The number of hydrogen-bond donors (Lipinski definition) is 2. The van der Waals surface area contributed by atoms with Crippen LogP contribution in [-0.2, 0) is 17.8 Å². The monoisotopic (exact) mass is 570 g/mol. The summed E-state index contributed by atoms with van der Waals surface area (Å²) in [5, 5.41) is 12.9. The molecule has 7 nitrogen and oxygen atoms in total. The van der Waals surface area contributed by atoms with Crippen molar-refractivity contribution in [3.63, 3.8) is 0 Å². The van der Waals surface area contributed by atoms with Gasteiger partial charge in [-0.3, -0.25) is 14.4 Å². The van der Waals surface area contributed by atoms with E-state index in [9.17, 15) is 19.5 Å². The molecule has 0 unspecified atom stereocenters. The maximum Gasteiger partial charge on any atom is 0.305 e. The number of carbonyl (C=O) groups is 3. The molecular weight excluding hydrogens is 540 g/mol. The van der Waals surface area contributed by atoms with E-state index in [1.807, 2.05) is 54.6 Å². The van der Waals surface area contributed by atoms with Crippen molar-refractivity contribution in [1.29, 1.82) is 0 Å². The lowest BCUT2D eigenvalue weighted by Gasteiger charge is -2.24. The van der Waals surface area contributed by atoms with E-state index >= 15 is 0 Å². The third kappa shape index (κ3) is 7.96. The summed E-state index contributed by atoms with van der Waals surface area (Å²) in [7, 11) is 1.60. The number of hydrogen-bond acceptors (Lipinski definition) is 4. The third-order valence-electron chi connectivity index (χ3n) is 6.70. The zero-order chi connectivity index (χ0) is 29.2. The maximum atomic E-state index is 13.9. The van der Waals surface area contributed by atoms with Gasteiger partial charge in [-0.2, -0.15) is 0 Å². The van der Waals surface area contributed by atoms with Crippen molar-refractivity contribution in [1.82, 2.24) is 10.2 Å². The number of carboxylic acids is 1. The number of amides is 2. The molecule has 0 aliphatic rings. The standard InChI is InChI=1S/C33H31ClN2O5/c1-41-26-16-12-23(13-17-26)18-20-36(21-19-31(37)38)33(40)30-9-5-3-7-28(30)27-6-2-4-8-29(27)32(39)35-22-24-10-14-25(34)15-11-24/h2-17H,18-22H2,1H3,(H,35,39)(H,37,38). The molecule has 0 fully saturated rings. The molecule has 2 amide bonds. The summed E-state index contributed by atoms with van der Waals surface area (Å²) in [6, 6.07) is 29.0. The summed E-state index contributed by atoms with van der Waals surface area (Å²) in [6.45, 7) is 0.705. The normalized spacial score (nSPS) is 10.6. The molecule has 0 heterocycles. The molecule has 2 N–H and O–H groups in total. The molecule has 4 rings (SSSR count). The van der Waals surface area contributed by atoms with Crippen LogP contribution in [0, 0.1) is 0 Å². The number of ether oxygens (including phenoxy) is 1. The van der Waals surface area contributed by atoms with Gasteiger partial charge in [0.15, 0.2) is 0 Å². The topological polar surface area (TPSA) is 95.9 Å². The molecule has 0 atom stereocenters. The number of rotatable bonds is 12. The van der Waals surface area contributed by atoms with Gasteiger partial charge in [0.2, 0.25) is 0 Å². The van der Waals surface area contributed by atoms with E-state index in [-0.39, 0.29) is 24.8 Å². The number of carbonyl (C=O) groups excluding carboxylic acids is 2. The molecule has 0 radical (unpaired) electrons. The molecule has 0 saturated heterocycles. The maximum absolute atomic E-state index is 13.9. The second kappa shape index (κ2) is 14.1. The molecule has 4 aromatic carbocycles. The van der Waals surface area contributed by atoms with Crippen molar-refractivity contribution in [2.45, 2.75) is 19.4 Å². The molecule has 0 spiro atoms. The molecule has 41 heavy (non-hydrogen) atoms. The van der Waals surface area contributed by atoms with Crippen LogP contribution in [-0.4, -0.2) is 48.0 Å². The first kappa shape index (κ1) is 29.4. The van der Waals surface area contributed by atoms with Crippen molar-refractivity contribution >= 4 is 29.4 Å². The van der Waals surface area contributed by atoms with Gasteiger partial charge >= 0.3 is 5.97 Å². The first-order valence-electron chi connectivity index (χ1n) is 13.2. The van der Waals surface area contributed by atoms with Gasteiger partial charge in [0.25, 0.3) is 11.8 Å². The number of methoxy groups -OCH3 is 1. The van der Waals surface area contributed by atoms with Crippen LogP contribution in [0.5, 0.6) is 5.75 Å². The summed E-state index contributed by atoms with van der Waals surface area (Å²) in [5.41, 5.74) is 3.93. The number of benzene rings is 4. The SMILES string of the molecule is COc1ccc(CCN(CCC(=O)O)C(=O)c2ccccc2-c2ccccc2C(=O)NCc2ccc(Cl)cc2)cc1. The van der Waals surface area contributed by atoms with E-state index in [1.54, 1.807) is 54.5 Å². The van der Waals surface area contributed by atoms with Crippen LogP contribution in [0.2, 0.25) is 5.02 Å². The van der Waals surface area contributed by atoms with Crippen LogP contribution in [0.3, 0.4) is 0 Å². The Balaban J connectivity index is 1.58. The van der Waals surface area contributed by atoms with E-state index in [1.165, 1.54) is 0 Å². The van der Waals surface area contributed by atoms with Crippen LogP contribution in [0.4, 0.5) is 0 Å². The summed E-state index contributed by atoms with van der Waals surface area (Å²) in [5.74, 6) is -0.827. The highest BCUT2D eigenvalue weighted by Gasteiger charge is 2.22. The number of halogens is 1. The fourth-order valence-electron chi connectivity index (χ4n) is 4.47. The highest BCUT2D eigenvalue weighted by atomic mass is 35.5. The van der Waals surface area contributed by atoms with E-state index in [0.717, 1.165) is 16.9 Å². The minimum Gasteiger partial charge on any atom is -0.497 e. The number of nitrogens with zero attached hydrogens (tertiary/aromatic N) is 1. The Kier molecular flexibility index (Phi) is 10.1. The second-order valence-electron chi connectivity index (χ2n) is 9.43. The number of nitrogens with one attached hydrogen (secondary N) is 1. The first-order valence-corrected chi connectivity index (χ1v) is 13.6. The summed E-state index contributed by atoms with van der Waals surface area (Å²) in [4.78, 5) is 40.1. The second-order valence-corrected chi connectivity index (χ2v) is 9.87. The average molecular weight is 571 g/mol. The molecule has 210 valence electrons. The van der Waals surface area contributed by atoms with Crippen molar-refractivity contribution < 1.29 is 24.2 Å². The van der Waals surface area contributed by atoms with Gasteiger partial charge in [0, 0.05) is 35.8 Å². The van der Waals surface area contributed by atoms with E-state index in [4.69, 9.17) is 16.3 Å². The predicted molar refractivity (Wildman–Crippen MR) is 159 cm³/mol. The fraction of sp³-hybridized carbons (Fsp3) is 0.182. The third-order valence-corrected chi connectivity index (χ3v) is 6.95. The van der Waals surface area contributed by atoms with E-state index < -0.39 is 5.97 Å². The molecule has 0 saturated carbocycles. The molecular formula is C33H31ClN2O5. The highest BCUT2D eigenvalue weighted by molar-refractivity contribution is 6.30. The van der Waals surface area contributed by atoms with Gasteiger partial charge in [0.05, 0.1) is 13.5 Å². The average Bonchev–Trinajstić information content (AvgIpc) is 3.00. The predicted octanol–water partition coefficient (Wildman–Crippen LogP) is 6.11. The Morgan fingerprint density at radius 2 is 1.37 bits per heavy atom. The van der Waals surface area contributed by atoms with Crippen LogP contribution in [0.1, 0.15) is 38.3 Å². The van der Waals surface area contributed by atoms with Gasteiger partial charge in [0.1, 0.15) is 5.75 Å². The molecule has 0 aromatic heterocycles. The molecule has 8 heteroatoms. The lowest BCUT2D eigenvalue weighted by molar-refractivity contribution is -0.137. The quantitative estimate of drug-likeness (QED) is 0.214. The van der Waals surface area contributed by atoms with Crippen LogP contribution >= 0.6 is 11.6 Å². The smallest absolute Gasteiger partial charge is 0.305 e. The van der Waals surface area contributed by atoms with Gasteiger partial charge in [-0.1, -0.05) is 72.3 Å². The van der Waals surface area contributed by atoms with Gasteiger partial charge in [-0.15, -0.1) is 0 Å². The summed E-state index contributed by atoms with van der Waals surface area (Å²) < 4.78 is 5.22. The van der Waals surface area contributed by atoms with Gasteiger partial charge in [-0.25, -0.2) is 0 Å². The van der Waals surface area contributed by atoms with E-state index in [0.29, 0.717) is 46.8 Å². The number of carboxylic acid groups (broad SMARTS) is 1. The van der Waals surface area contributed by atoms with Crippen molar-refractivity contribution in [3.8, 4) is 16.9 Å². The lowest BCUT2D eigenvalue weighted by Crippen LogP contribution is -2.35. The van der Waals surface area contributed by atoms with Gasteiger partial charge < -0.3 is 20.1 Å². The van der Waals surface area contributed by atoms with Crippen molar-refractivity contribution in [2.24, 2.45) is 0 Å². The summed E-state index contributed by atoms with van der Waals surface area (Å²) in [6.07, 6.45) is 0.363. The van der Waals surface area contributed by atoms with E-state index in [2.05, 4.69) is 5.32 Å². The highest BCUT2D eigenvalue weighted by Crippen LogP contribution is 2.29. The Morgan fingerprint density at radius 3 is 2.00 bits per heavy atom. The van der Waals surface area contributed by atoms with Crippen LogP contribution in [0.15, 0.2) is 97.1 Å². The zero-order valence-electron chi connectivity index (χ0n) is 22.7. The molecule has 4 aromatic rings. The Bertz CT molecular complexity index is 1500. The lowest BCUT2D eigenvalue weighted by atomic mass is 9.94. The Labute approximate surface area is 244 Å². The molecule has 0 bridgehead atoms. The van der Waals surface area contributed by atoms with Gasteiger partial charge in [-0.05, 0) is 65.1 Å². The number of aliphatic carboxylic acids is 1. The molecule has 0 aliphatic carbocycles. The Hall–Kier alpha value is -4.62. The first-order chi connectivity index (χ1) is 19.9. The largest absolute Gasteiger partial charge is 0.497 e. The fourth-order valence-corrected chi connectivity index (χ4v) is 4.60.